The number of carbonyl (C=O) groups is 2. The largest absolute Gasteiger partial charge is 0.497 e. The standard InChI is InChI=1S/C25H23N5O3/c1-33-20-10-5-9-19(17-20)30-23(31)21(18-7-3-2-4-8-18)22(24(30)32)28-13-15-29(16-14-28)25-26-11-6-12-27-25/h2-12,17H,13-16H2,1H3. The van der Waals surface area contributed by atoms with Crippen LogP contribution in [-0.4, -0.2) is 60.0 Å². The normalized spacial score (nSPS) is 16.6. The lowest BCUT2D eigenvalue weighted by Crippen LogP contribution is -2.48. The average Bonchev–Trinajstić information content (AvgIpc) is 3.15. The molecule has 8 heteroatoms. The number of amides is 2. The molecule has 0 radical (unpaired) electrons. The van der Waals surface area contributed by atoms with E-state index in [9.17, 15) is 9.59 Å². The van der Waals surface area contributed by atoms with Crippen LogP contribution >= 0.6 is 0 Å². The van der Waals surface area contributed by atoms with Gasteiger partial charge in [-0.1, -0.05) is 36.4 Å². The Bertz CT molecular complexity index is 1200. The van der Waals surface area contributed by atoms with Crippen molar-refractivity contribution in [3.05, 3.63) is 84.3 Å². The van der Waals surface area contributed by atoms with Gasteiger partial charge in [0.2, 0.25) is 5.95 Å². The molecule has 0 spiro atoms. The maximum atomic E-state index is 13.7. The number of anilines is 2. The minimum absolute atomic E-state index is 0.323. The summed E-state index contributed by atoms with van der Waals surface area (Å²) in [5, 5.41) is 0. The van der Waals surface area contributed by atoms with Crippen LogP contribution in [-0.2, 0) is 9.59 Å². The summed E-state index contributed by atoms with van der Waals surface area (Å²) in [7, 11) is 1.56. The smallest absolute Gasteiger partial charge is 0.282 e. The van der Waals surface area contributed by atoms with Gasteiger partial charge in [-0.3, -0.25) is 9.59 Å². The monoisotopic (exact) mass is 441 g/mol. The number of piperazine rings is 1. The Labute approximate surface area is 191 Å². The summed E-state index contributed by atoms with van der Waals surface area (Å²) in [6.45, 7) is 2.45. The molecule has 166 valence electrons. The molecule has 1 saturated heterocycles. The van der Waals surface area contributed by atoms with Gasteiger partial charge in [0.15, 0.2) is 0 Å². The fourth-order valence-corrected chi connectivity index (χ4v) is 4.25. The third kappa shape index (κ3) is 3.80. The van der Waals surface area contributed by atoms with Gasteiger partial charge in [-0.2, -0.15) is 0 Å². The molecule has 0 bridgehead atoms. The van der Waals surface area contributed by atoms with E-state index < -0.39 is 0 Å². The van der Waals surface area contributed by atoms with Crippen LogP contribution in [0.2, 0.25) is 0 Å². The Morgan fingerprint density at radius 3 is 2.18 bits per heavy atom. The zero-order chi connectivity index (χ0) is 22.8. The van der Waals surface area contributed by atoms with Gasteiger partial charge in [0.1, 0.15) is 11.4 Å². The summed E-state index contributed by atoms with van der Waals surface area (Å²) >= 11 is 0. The zero-order valence-electron chi connectivity index (χ0n) is 18.2. The lowest BCUT2D eigenvalue weighted by molar-refractivity contribution is -0.120. The van der Waals surface area contributed by atoms with Crippen molar-refractivity contribution in [1.82, 2.24) is 14.9 Å². The van der Waals surface area contributed by atoms with Crippen molar-refractivity contribution in [3.8, 4) is 5.75 Å². The summed E-state index contributed by atoms with van der Waals surface area (Å²) in [4.78, 5) is 41.3. The van der Waals surface area contributed by atoms with Crippen molar-refractivity contribution in [2.24, 2.45) is 0 Å². The minimum atomic E-state index is -0.330. The molecule has 0 unspecified atom stereocenters. The van der Waals surface area contributed by atoms with Crippen LogP contribution in [0.4, 0.5) is 11.6 Å². The van der Waals surface area contributed by atoms with Crippen LogP contribution in [0, 0.1) is 0 Å². The van der Waals surface area contributed by atoms with Gasteiger partial charge < -0.3 is 14.5 Å². The highest BCUT2D eigenvalue weighted by Gasteiger charge is 2.43. The van der Waals surface area contributed by atoms with Crippen molar-refractivity contribution < 1.29 is 14.3 Å². The van der Waals surface area contributed by atoms with Crippen molar-refractivity contribution in [1.29, 1.82) is 0 Å². The number of hydrogen-bond acceptors (Lipinski definition) is 7. The van der Waals surface area contributed by atoms with Crippen LogP contribution in [0.15, 0.2) is 78.8 Å². The first kappa shape index (κ1) is 20.7. The summed E-state index contributed by atoms with van der Waals surface area (Å²) in [5.74, 6) is 0.598. The van der Waals surface area contributed by atoms with Gasteiger partial charge in [-0.05, 0) is 23.8 Å². The van der Waals surface area contributed by atoms with Crippen molar-refractivity contribution >= 4 is 29.0 Å². The molecule has 2 aromatic carbocycles. The molecular weight excluding hydrogens is 418 g/mol. The first-order valence-electron chi connectivity index (χ1n) is 10.8. The van der Waals surface area contributed by atoms with E-state index >= 15 is 0 Å². The number of aromatic nitrogens is 2. The Balaban J connectivity index is 1.49. The number of ether oxygens (including phenoxy) is 1. The Morgan fingerprint density at radius 2 is 1.48 bits per heavy atom. The Hall–Kier alpha value is -4.20. The predicted octanol–water partition coefficient (Wildman–Crippen LogP) is 2.59. The number of imide groups is 1. The van der Waals surface area contributed by atoms with Crippen molar-refractivity contribution in [2.45, 2.75) is 0 Å². The van der Waals surface area contributed by atoms with E-state index in [1.165, 1.54) is 4.90 Å². The van der Waals surface area contributed by atoms with Crippen LogP contribution in [0.1, 0.15) is 5.56 Å². The molecule has 2 amide bonds. The maximum absolute atomic E-state index is 13.7. The molecule has 2 aliphatic heterocycles. The fourth-order valence-electron chi connectivity index (χ4n) is 4.25. The fraction of sp³-hybridized carbons (Fsp3) is 0.200. The number of rotatable bonds is 5. The molecule has 3 aromatic rings. The Morgan fingerprint density at radius 1 is 0.788 bits per heavy atom. The van der Waals surface area contributed by atoms with Gasteiger partial charge >= 0.3 is 0 Å². The molecule has 0 N–H and O–H groups in total. The van der Waals surface area contributed by atoms with Crippen LogP contribution in [0.5, 0.6) is 5.75 Å². The lowest BCUT2D eigenvalue weighted by Gasteiger charge is -2.36. The second-order valence-electron chi connectivity index (χ2n) is 7.76. The third-order valence-corrected chi connectivity index (χ3v) is 5.86. The van der Waals surface area contributed by atoms with Gasteiger partial charge in [-0.25, -0.2) is 14.9 Å². The molecule has 0 saturated carbocycles. The highest BCUT2D eigenvalue weighted by molar-refractivity contribution is 6.45. The number of benzene rings is 2. The van der Waals surface area contributed by atoms with E-state index in [-0.39, 0.29) is 11.8 Å². The lowest BCUT2D eigenvalue weighted by atomic mass is 10.0. The van der Waals surface area contributed by atoms with Crippen molar-refractivity contribution in [2.75, 3.05) is 43.1 Å². The highest BCUT2D eigenvalue weighted by atomic mass is 16.5. The highest BCUT2D eigenvalue weighted by Crippen LogP contribution is 2.36. The van der Waals surface area contributed by atoms with Crippen molar-refractivity contribution in [3.63, 3.8) is 0 Å². The van der Waals surface area contributed by atoms with Crippen LogP contribution in [0.25, 0.3) is 5.57 Å². The second-order valence-corrected chi connectivity index (χ2v) is 7.76. The topological polar surface area (TPSA) is 78.9 Å². The third-order valence-electron chi connectivity index (χ3n) is 5.86. The first-order chi connectivity index (χ1) is 16.2. The molecule has 0 aliphatic carbocycles. The maximum Gasteiger partial charge on any atom is 0.282 e. The number of nitrogens with zero attached hydrogens (tertiary/aromatic N) is 5. The molecule has 8 nitrogen and oxygen atoms in total. The van der Waals surface area contributed by atoms with E-state index in [4.69, 9.17) is 4.74 Å². The summed E-state index contributed by atoms with van der Waals surface area (Å²) < 4.78 is 5.30. The van der Waals surface area contributed by atoms with Crippen LogP contribution < -0.4 is 14.5 Å². The van der Waals surface area contributed by atoms with E-state index in [0.29, 0.717) is 54.8 Å². The quantitative estimate of drug-likeness (QED) is 0.563. The van der Waals surface area contributed by atoms with Crippen LogP contribution in [0.3, 0.4) is 0 Å². The summed E-state index contributed by atoms with van der Waals surface area (Å²) in [6.07, 6.45) is 3.44. The predicted molar refractivity (Wildman–Crippen MR) is 125 cm³/mol. The minimum Gasteiger partial charge on any atom is -0.497 e. The molecule has 3 heterocycles. The molecule has 5 rings (SSSR count). The average molecular weight is 441 g/mol. The second kappa shape index (κ2) is 8.74. The molecule has 2 aliphatic rings. The van der Waals surface area contributed by atoms with Gasteiger partial charge in [0.25, 0.3) is 11.8 Å². The molecule has 0 atom stereocenters. The van der Waals surface area contributed by atoms with Gasteiger partial charge in [0.05, 0.1) is 18.4 Å². The first-order valence-corrected chi connectivity index (χ1v) is 10.8. The summed E-state index contributed by atoms with van der Waals surface area (Å²) in [6, 6.07) is 18.1. The van der Waals surface area contributed by atoms with E-state index in [2.05, 4.69) is 14.9 Å². The Kier molecular flexibility index (Phi) is 5.48. The number of hydrogen-bond donors (Lipinski definition) is 0. The molecule has 1 aromatic heterocycles. The molecule has 33 heavy (non-hydrogen) atoms. The van der Waals surface area contributed by atoms with E-state index in [1.54, 1.807) is 49.8 Å². The number of carbonyl (C=O) groups excluding carboxylic acids is 2. The number of methoxy groups -OCH3 is 1. The van der Waals surface area contributed by atoms with Gasteiger partial charge in [-0.15, -0.1) is 0 Å². The van der Waals surface area contributed by atoms with Gasteiger partial charge in [0, 0.05) is 44.6 Å². The SMILES string of the molecule is COc1cccc(N2C(=O)C(c3ccccc3)=C(N3CCN(c4ncccn4)CC3)C2=O)c1. The van der Waals surface area contributed by atoms with E-state index in [1.807, 2.05) is 35.2 Å². The summed E-state index contributed by atoms with van der Waals surface area (Å²) in [5.41, 5.74) is 2.07. The van der Waals surface area contributed by atoms with E-state index in [0.717, 1.165) is 5.56 Å². The molecule has 1 fully saturated rings. The molecular formula is C25H23N5O3. The zero-order valence-corrected chi connectivity index (χ0v) is 18.2.